The van der Waals surface area contributed by atoms with Crippen LogP contribution in [0.5, 0.6) is 5.75 Å². The van der Waals surface area contributed by atoms with Crippen LogP contribution < -0.4 is 4.74 Å². The summed E-state index contributed by atoms with van der Waals surface area (Å²) in [4.78, 5) is 23.0. The highest BCUT2D eigenvalue weighted by Gasteiger charge is 2.18. The minimum atomic E-state index is -1.15. The number of halogens is 2. The highest BCUT2D eigenvalue weighted by molar-refractivity contribution is 6.45. The molecule has 0 amide bonds. The molecule has 0 heterocycles. The lowest BCUT2D eigenvalue weighted by molar-refractivity contribution is -0.139. The van der Waals surface area contributed by atoms with Gasteiger partial charge in [-0.05, 0) is 17.7 Å². The Morgan fingerprint density at radius 1 is 1.00 bits per heavy atom. The van der Waals surface area contributed by atoms with Gasteiger partial charge in [-0.2, -0.15) is 0 Å². The maximum Gasteiger partial charge on any atom is 0.341 e. The maximum absolute atomic E-state index is 12.5. The molecule has 2 aromatic carbocycles. The number of hydrogen-bond donors (Lipinski definition) is 2. The number of ether oxygens (including phenoxy) is 1. The smallest absolute Gasteiger partial charge is 0.341 e. The average Bonchev–Trinajstić information content (AvgIpc) is 2.55. The Morgan fingerprint density at radius 3 is 2.22 bits per heavy atom. The van der Waals surface area contributed by atoms with E-state index in [1.54, 1.807) is 24.3 Å². The summed E-state index contributed by atoms with van der Waals surface area (Å²) in [7, 11) is 0. The predicted molar refractivity (Wildman–Crippen MR) is 85.4 cm³/mol. The van der Waals surface area contributed by atoms with Gasteiger partial charge < -0.3 is 14.9 Å². The quantitative estimate of drug-likeness (QED) is 0.778. The normalized spacial score (nSPS) is 10.4. The molecular formula is C16H12Cl2O5. The lowest BCUT2D eigenvalue weighted by atomic mass is 10.0. The zero-order chi connectivity index (χ0) is 17.0. The van der Waals surface area contributed by atoms with E-state index in [-0.39, 0.29) is 33.7 Å². The number of rotatable bonds is 6. The molecule has 2 aromatic rings. The van der Waals surface area contributed by atoms with Crippen LogP contribution >= 0.6 is 23.2 Å². The Balaban J connectivity index is 2.30. The van der Waals surface area contributed by atoms with Crippen molar-refractivity contribution in [2.45, 2.75) is 6.61 Å². The third kappa shape index (κ3) is 4.01. The van der Waals surface area contributed by atoms with Gasteiger partial charge in [-0.1, -0.05) is 47.5 Å². The largest absolute Gasteiger partial charge is 0.480 e. The van der Waals surface area contributed by atoms with E-state index in [1.807, 2.05) is 0 Å². The summed E-state index contributed by atoms with van der Waals surface area (Å²) in [6.45, 7) is -0.678. The van der Waals surface area contributed by atoms with E-state index in [1.165, 1.54) is 12.1 Å². The molecule has 0 saturated carbocycles. The van der Waals surface area contributed by atoms with Gasteiger partial charge in [0.05, 0.1) is 11.6 Å². The molecule has 0 radical (unpaired) electrons. The lowest BCUT2D eigenvalue weighted by Gasteiger charge is -2.10. The standard InChI is InChI=1S/C16H12Cl2O5/c17-14-11(5-6-12(15(14)18)23-8-13(20)21)16(22)10-3-1-9(7-19)2-4-10/h1-6,19H,7-8H2,(H,20,21). The predicted octanol–water partition coefficient (Wildman–Crippen LogP) is 3.18. The molecule has 120 valence electrons. The van der Waals surface area contributed by atoms with Gasteiger partial charge in [-0.15, -0.1) is 0 Å². The van der Waals surface area contributed by atoms with Crippen LogP contribution in [0.25, 0.3) is 0 Å². The van der Waals surface area contributed by atoms with Crippen molar-refractivity contribution in [3.8, 4) is 5.75 Å². The molecule has 0 aliphatic rings. The molecule has 0 fully saturated rings. The summed E-state index contributed by atoms with van der Waals surface area (Å²) < 4.78 is 4.99. The first-order valence-corrected chi connectivity index (χ1v) is 7.26. The van der Waals surface area contributed by atoms with Gasteiger partial charge in [0.15, 0.2) is 12.4 Å². The Morgan fingerprint density at radius 2 is 1.65 bits per heavy atom. The number of aliphatic carboxylic acids is 1. The van der Waals surface area contributed by atoms with Crippen molar-refractivity contribution in [2.75, 3.05) is 6.61 Å². The molecule has 2 N–H and O–H groups in total. The summed E-state index contributed by atoms with van der Waals surface area (Å²) in [6, 6.07) is 9.24. The first-order chi connectivity index (χ1) is 10.9. The van der Waals surface area contributed by atoms with E-state index < -0.39 is 12.6 Å². The number of aliphatic hydroxyl groups is 1. The molecule has 0 atom stereocenters. The molecule has 0 aliphatic heterocycles. The first kappa shape index (κ1) is 17.3. The minimum absolute atomic E-state index is 0.00853. The van der Waals surface area contributed by atoms with Gasteiger partial charge in [0, 0.05) is 11.1 Å². The van der Waals surface area contributed by atoms with Gasteiger partial charge in [-0.3, -0.25) is 4.79 Å². The van der Waals surface area contributed by atoms with Crippen LogP contribution in [-0.2, 0) is 11.4 Å². The highest BCUT2D eigenvalue weighted by Crippen LogP contribution is 2.35. The van der Waals surface area contributed by atoms with E-state index >= 15 is 0 Å². The second-order valence-electron chi connectivity index (χ2n) is 4.61. The van der Waals surface area contributed by atoms with Gasteiger partial charge in [0.1, 0.15) is 10.8 Å². The van der Waals surface area contributed by atoms with Crippen molar-refractivity contribution in [3.05, 3.63) is 63.1 Å². The van der Waals surface area contributed by atoms with Crippen molar-refractivity contribution in [2.24, 2.45) is 0 Å². The van der Waals surface area contributed by atoms with E-state index in [0.29, 0.717) is 11.1 Å². The number of aliphatic hydroxyl groups excluding tert-OH is 1. The summed E-state index contributed by atoms with van der Waals surface area (Å²) in [5.74, 6) is -1.40. The van der Waals surface area contributed by atoms with Crippen molar-refractivity contribution in [1.29, 1.82) is 0 Å². The van der Waals surface area contributed by atoms with Crippen LogP contribution in [-0.4, -0.2) is 28.6 Å². The van der Waals surface area contributed by atoms with E-state index in [4.69, 9.17) is 38.2 Å². The molecule has 0 aliphatic carbocycles. The summed E-state index contributed by atoms with van der Waals surface area (Å²) in [5, 5.41) is 17.6. The van der Waals surface area contributed by atoms with Crippen molar-refractivity contribution in [3.63, 3.8) is 0 Å². The third-order valence-corrected chi connectivity index (χ3v) is 3.91. The number of carbonyl (C=O) groups is 2. The molecule has 0 bridgehead atoms. The summed E-state index contributed by atoms with van der Waals surface area (Å²) in [5.41, 5.74) is 1.25. The van der Waals surface area contributed by atoms with Crippen LogP contribution in [0.2, 0.25) is 10.0 Å². The number of carboxylic acids is 1. The van der Waals surface area contributed by atoms with E-state index in [9.17, 15) is 9.59 Å². The molecule has 2 rings (SSSR count). The molecule has 0 aromatic heterocycles. The summed E-state index contributed by atoms with van der Waals surface area (Å²) >= 11 is 12.1. The lowest BCUT2D eigenvalue weighted by Crippen LogP contribution is -2.10. The third-order valence-electron chi connectivity index (χ3n) is 3.04. The fourth-order valence-electron chi connectivity index (χ4n) is 1.88. The molecule has 23 heavy (non-hydrogen) atoms. The van der Waals surface area contributed by atoms with Crippen molar-refractivity contribution < 1.29 is 24.5 Å². The average molecular weight is 355 g/mol. The molecule has 5 nitrogen and oxygen atoms in total. The number of hydrogen-bond acceptors (Lipinski definition) is 4. The zero-order valence-electron chi connectivity index (χ0n) is 11.8. The maximum atomic E-state index is 12.5. The topological polar surface area (TPSA) is 83.8 Å². The second-order valence-corrected chi connectivity index (χ2v) is 5.36. The molecule has 7 heteroatoms. The zero-order valence-corrected chi connectivity index (χ0v) is 13.3. The number of carboxylic acid groups (broad SMARTS) is 1. The van der Waals surface area contributed by atoms with Crippen LogP contribution in [0.4, 0.5) is 0 Å². The Bertz CT molecular complexity index is 741. The van der Waals surface area contributed by atoms with Crippen LogP contribution in [0.1, 0.15) is 21.5 Å². The van der Waals surface area contributed by atoms with E-state index in [2.05, 4.69) is 0 Å². The molecular weight excluding hydrogens is 343 g/mol. The molecule has 0 spiro atoms. The van der Waals surface area contributed by atoms with Crippen molar-refractivity contribution >= 4 is 35.0 Å². The first-order valence-electron chi connectivity index (χ1n) is 6.51. The Labute approximate surface area is 142 Å². The second kappa shape index (κ2) is 7.46. The van der Waals surface area contributed by atoms with Gasteiger partial charge >= 0.3 is 5.97 Å². The minimum Gasteiger partial charge on any atom is -0.480 e. The van der Waals surface area contributed by atoms with Gasteiger partial charge in [0.2, 0.25) is 0 Å². The highest BCUT2D eigenvalue weighted by atomic mass is 35.5. The van der Waals surface area contributed by atoms with Crippen LogP contribution in [0.15, 0.2) is 36.4 Å². The number of benzene rings is 2. The van der Waals surface area contributed by atoms with Crippen LogP contribution in [0, 0.1) is 0 Å². The number of carbonyl (C=O) groups excluding carboxylic acids is 1. The van der Waals surface area contributed by atoms with Gasteiger partial charge in [0.25, 0.3) is 0 Å². The molecule has 0 saturated heterocycles. The van der Waals surface area contributed by atoms with Crippen molar-refractivity contribution in [1.82, 2.24) is 0 Å². The van der Waals surface area contributed by atoms with Crippen LogP contribution in [0.3, 0.4) is 0 Å². The molecule has 0 unspecified atom stereocenters. The summed E-state index contributed by atoms with van der Waals surface area (Å²) in [6.07, 6.45) is 0. The fourth-order valence-corrected chi connectivity index (χ4v) is 2.34. The number of ketones is 1. The Hall–Kier alpha value is -2.08. The van der Waals surface area contributed by atoms with Gasteiger partial charge in [-0.25, -0.2) is 4.79 Å². The Kier molecular flexibility index (Phi) is 5.60. The monoisotopic (exact) mass is 354 g/mol. The fraction of sp³-hybridized carbons (Fsp3) is 0.125. The van der Waals surface area contributed by atoms with E-state index in [0.717, 1.165) is 0 Å². The SMILES string of the molecule is O=C(O)COc1ccc(C(=O)c2ccc(CO)cc2)c(Cl)c1Cl.